The highest BCUT2D eigenvalue weighted by Crippen LogP contribution is 2.46. The molecule has 0 amide bonds. The molecule has 0 heterocycles. The fourth-order valence-electron chi connectivity index (χ4n) is 4.08. The van der Waals surface area contributed by atoms with Crippen LogP contribution >= 0.6 is 18.7 Å². The zero-order valence-electron chi connectivity index (χ0n) is 19.3. The molecule has 0 saturated carbocycles. The fourth-order valence-corrected chi connectivity index (χ4v) is 7.11. The Morgan fingerprint density at radius 2 is 0.931 bits per heavy atom. The molecule has 3 heteroatoms. The fraction of sp³-hybridized carbons (Fsp3) is 0.769. The van der Waals surface area contributed by atoms with Gasteiger partial charge in [-0.25, -0.2) is 0 Å². The van der Waals surface area contributed by atoms with Crippen molar-refractivity contribution in [2.24, 2.45) is 0 Å². The molecule has 1 aromatic rings. The highest BCUT2D eigenvalue weighted by Gasteiger charge is 2.23. The van der Waals surface area contributed by atoms with Crippen LogP contribution in [0.25, 0.3) is 0 Å². The molecule has 0 aromatic heterocycles. The largest absolute Gasteiger partial charge is 0.319 e. The topological polar surface area (TPSA) is 17.1 Å². The van der Waals surface area contributed by atoms with E-state index in [9.17, 15) is 4.57 Å². The van der Waals surface area contributed by atoms with Gasteiger partial charge in [0.05, 0.1) is 0 Å². The van der Waals surface area contributed by atoms with Gasteiger partial charge in [0, 0.05) is 22.7 Å². The Balaban J connectivity index is 2.38. The van der Waals surface area contributed by atoms with E-state index < -0.39 is 7.14 Å². The summed E-state index contributed by atoms with van der Waals surface area (Å²) >= 11 is 6.07. The van der Waals surface area contributed by atoms with E-state index in [0.29, 0.717) is 0 Å². The molecular weight excluding hydrogens is 395 g/mol. The summed E-state index contributed by atoms with van der Waals surface area (Å²) in [6, 6.07) is 7.84. The van der Waals surface area contributed by atoms with Crippen LogP contribution in [0.1, 0.15) is 117 Å². The van der Waals surface area contributed by atoms with Crippen molar-refractivity contribution in [1.29, 1.82) is 0 Å². The van der Waals surface area contributed by atoms with Gasteiger partial charge in [0.1, 0.15) is 7.14 Å². The maximum atomic E-state index is 13.8. The quantitative estimate of drug-likeness (QED) is 0.154. The van der Waals surface area contributed by atoms with E-state index in [1.165, 1.54) is 89.9 Å². The van der Waals surface area contributed by atoms with E-state index in [2.05, 4.69) is 13.8 Å². The van der Waals surface area contributed by atoms with Gasteiger partial charge in [0.2, 0.25) is 0 Å². The van der Waals surface area contributed by atoms with E-state index in [4.69, 9.17) is 11.6 Å². The van der Waals surface area contributed by atoms with Crippen molar-refractivity contribution >= 4 is 24.0 Å². The summed E-state index contributed by atoms with van der Waals surface area (Å²) in [5, 5.41) is 1.78. The predicted octanol–water partition coefficient (Wildman–Crippen LogP) is 9.61. The molecule has 1 rings (SSSR count). The first-order valence-electron chi connectivity index (χ1n) is 12.5. The van der Waals surface area contributed by atoms with Gasteiger partial charge in [-0.15, -0.1) is 0 Å². The van der Waals surface area contributed by atoms with Crippen molar-refractivity contribution in [1.82, 2.24) is 0 Å². The Morgan fingerprint density at radius 1 is 0.586 bits per heavy atom. The van der Waals surface area contributed by atoms with E-state index in [1.807, 2.05) is 24.3 Å². The van der Waals surface area contributed by atoms with Gasteiger partial charge in [-0.05, 0) is 25.0 Å². The minimum absolute atomic E-state index is 0.736. The first-order valence-corrected chi connectivity index (χ1v) is 14.9. The van der Waals surface area contributed by atoms with Crippen LogP contribution in [-0.4, -0.2) is 12.3 Å². The lowest BCUT2D eigenvalue weighted by Gasteiger charge is -2.19. The molecule has 0 aliphatic carbocycles. The van der Waals surface area contributed by atoms with Gasteiger partial charge < -0.3 is 4.57 Å². The number of rotatable bonds is 19. The minimum Gasteiger partial charge on any atom is -0.319 e. The molecule has 0 unspecified atom stereocenters. The summed E-state index contributed by atoms with van der Waals surface area (Å²) in [4.78, 5) is 0. The lowest BCUT2D eigenvalue weighted by Crippen LogP contribution is -2.11. The van der Waals surface area contributed by atoms with Crippen LogP contribution in [0.2, 0.25) is 5.02 Å². The van der Waals surface area contributed by atoms with Crippen molar-refractivity contribution in [3.63, 3.8) is 0 Å². The average molecular weight is 441 g/mol. The molecule has 0 fully saturated rings. The Hall–Kier alpha value is -0.260. The zero-order chi connectivity index (χ0) is 21.2. The van der Waals surface area contributed by atoms with Crippen LogP contribution in [0.5, 0.6) is 0 Å². The molecule has 0 saturated heterocycles. The number of hydrogen-bond acceptors (Lipinski definition) is 1. The molecule has 1 aromatic carbocycles. The molecule has 1 nitrogen and oxygen atoms in total. The van der Waals surface area contributed by atoms with Gasteiger partial charge in [-0.1, -0.05) is 127 Å². The number of halogens is 1. The van der Waals surface area contributed by atoms with Gasteiger partial charge in [0.15, 0.2) is 0 Å². The van der Waals surface area contributed by atoms with Crippen LogP contribution in [0.3, 0.4) is 0 Å². The first-order chi connectivity index (χ1) is 14.1. The summed E-state index contributed by atoms with van der Waals surface area (Å²) in [6.45, 7) is 4.53. The number of unbranched alkanes of at least 4 members (excludes halogenated alkanes) is 14. The lowest BCUT2D eigenvalue weighted by atomic mass is 10.1. The van der Waals surface area contributed by atoms with Crippen LogP contribution in [0, 0.1) is 0 Å². The van der Waals surface area contributed by atoms with Gasteiger partial charge in [0.25, 0.3) is 0 Å². The van der Waals surface area contributed by atoms with Crippen molar-refractivity contribution in [3.05, 3.63) is 29.3 Å². The Bertz CT molecular complexity index is 516. The monoisotopic (exact) mass is 440 g/mol. The second-order valence-corrected chi connectivity index (χ2v) is 12.4. The van der Waals surface area contributed by atoms with E-state index >= 15 is 0 Å². The first kappa shape index (κ1) is 26.8. The van der Waals surface area contributed by atoms with E-state index in [1.54, 1.807) is 0 Å². The normalized spacial score (nSPS) is 11.8. The highest BCUT2D eigenvalue weighted by atomic mass is 35.5. The van der Waals surface area contributed by atoms with Crippen LogP contribution in [-0.2, 0) is 4.57 Å². The van der Waals surface area contributed by atoms with Crippen molar-refractivity contribution in [2.45, 2.75) is 117 Å². The lowest BCUT2D eigenvalue weighted by molar-refractivity contribution is 0.561. The average Bonchev–Trinajstić information content (AvgIpc) is 2.72. The summed E-state index contributed by atoms with van der Waals surface area (Å²) in [5.74, 6) is 0. The molecule has 0 aliphatic rings. The smallest absolute Gasteiger partial charge is 0.115 e. The minimum atomic E-state index is -2.28. The second-order valence-electron chi connectivity index (χ2n) is 8.76. The Kier molecular flexibility index (Phi) is 16.1. The van der Waals surface area contributed by atoms with Crippen molar-refractivity contribution < 1.29 is 4.57 Å². The zero-order valence-corrected chi connectivity index (χ0v) is 20.9. The summed E-state index contributed by atoms with van der Waals surface area (Å²) in [7, 11) is -2.28. The number of hydrogen-bond donors (Lipinski definition) is 0. The summed E-state index contributed by atoms with van der Waals surface area (Å²) < 4.78 is 13.8. The van der Waals surface area contributed by atoms with Gasteiger partial charge >= 0.3 is 0 Å². The maximum Gasteiger partial charge on any atom is 0.115 e. The molecule has 0 atom stereocenters. The Morgan fingerprint density at radius 3 is 1.31 bits per heavy atom. The molecule has 168 valence electrons. The molecule has 0 aliphatic heterocycles. The van der Waals surface area contributed by atoms with Crippen LogP contribution in [0.15, 0.2) is 24.3 Å². The van der Waals surface area contributed by atoms with Crippen LogP contribution in [0.4, 0.5) is 0 Å². The molecule has 0 spiro atoms. The third-order valence-corrected chi connectivity index (χ3v) is 9.61. The summed E-state index contributed by atoms with van der Waals surface area (Å²) in [6.07, 6.45) is 22.5. The van der Waals surface area contributed by atoms with Crippen molar-refractivity contribution in [3.8, 4) is 0 Å². The van der Waals surface area contributed by atoms with Gasteiger partial charge in [-0.2, -0.15) is 0 Å². The third kappa shape index (κ3) is 12.9. The standard InChI is InChI=1S/C26H46ClOP/c1-3-5-7-9-11-13-15-17-23-29(28,26-21-19-25(27)20-22-26)24-18-16-14-12-10-8-6-4-2/h19-22H,3-18,23-24H2,1-2H3. The Labute approximate surface area is 186 Å². The SMILES string of the molecule is CCCCCCCCCCP(=O)(CCCCCCCCCC)c1ccc(Cl)cc1. The summed E-state index contributed by atoms with van der Waals surface area (Å²) in [5.41, 5.74) is 0. The predicted molar refractivity (Wildman–Crippen MR) is 134 cm³/mol. The third-order valence-electron chi connectivity index (χ3n) is 6.04. The van der Waals surface area contributed by atoms with E-state index in [0.717, 1.165) is 35.5 Å². The number of benzene rings is 1. The molecule has 29 heavy (non-hydrogen) atoms. The van der Waals surface area contributed by atoms with Crippen LogP contribution < -0.4 is 5.30 Å². The molecule has 0 bridgehead atoms. The molecular formula is C26H46ClOP. The maximum absolute atomic E-state index is 13.8. The molecule has 0 radical (unpaired) electrons. The van der Waals surface area contributed by atoms with Crippen molar-refractivity contribution in [2.75, 3.05) is 12.3 Å². The van der Waals surface area contributed by atoms with Gasteiger partial charge in [-0.3, -0.25) is 0 Å². The molecule has 0 N–H and O–H groups in total. The van der Waals surface area contributed by atoms with E-state index in [-0.39, 0.29) is 0 Å². The highest BCUT2D eigenvalue weighted by molar-refractivity contribution is 7.71. The second kappa shape index (κ2) is 17.4.